The molecule has 0 saturated carbocycles. The molecule has 2 saturated heterocycles. The summed E-state index contributed by atoms with van der Waals surface area (Å²) in [5.41, 5.74) is 9.79. The third kappa shape index (κ3) is 3.88. The largest absolute Gasteiger partial charge is 0.465 e. The van der Waals surface area contributed by atoms with Crippen molar-refractivity contribution in [3.63, 3.8) is 0 Å². The van der Waals surface area contributed by atoms with Gasteiger partial charge in [0.25, 0.3) is 0 Å². The third-order valence-corrected chi connectivity index (χ3v) is 6.02. The van der Waals surface area contributed by atoms with Crippen molar-refractivity contribution in [3.8, 4) is 0 Å². The van der Waals surface area contributed by atoms with Crippen LogP contribution in [0.2, 0.25) is 0 Å². The van der Waals surface area contributed by atoms with Crippen LogP contribution in [0.3, 0.4) is 0 Å². The number of piperidine rings is 1. The second-order valence-electron chi connectivity index (χ2n) is 7.93. The Hall–Kier alpha value is -1.62. The highest BCUT2D eigenvalue weighted by molar-refractivity contribution is 5.27. The Kier molecular flexibility index (Phi) is 5.44. The molecule has 2 aliphatic rings. The van der Waals surface area contributed by atoms with Crippen LogP contribution < -0.4 is 10.9 Å². The molecule has 2 aromatic rings. The standard InChI is InChI=1S/C22H31N3O/c1-3-19-10-11-20(26-19)15-25-12-4-5-18(14-25)22-21(13-23-24-22)17-8-6-16(2)7-9-17/h6-11,18,21-24H,3-5,12-15H2,1-2H3. The summed E-state index contributed by atoms with van der Waals surface area (Å²) >= 11 is 0. The molecule has 3 heterocycles. The molecular weight excluding hydrogens is 322 g/mol. The van der Waals surface area contributed by atoms with Crippen LogP contribution in [0.1, 0.15) is 48.3 Å². The SMILES string of the molecule is CCc1ccc(CN2CCCC(C3NNCC3c3ccc(C)cc3)C2)o1. The van der Waals surface area contributed by atoms with Crippen LogP contribution in [0.5, 0.6) is 0 Å². The van der Waals surface area contributed by atoms with Gasteiger partial charge in [-0.2, -0.15) is 0 Å². The quantitative estimate of drug-likeness (QED) is 0.861. The molecule has 2 aliphatic heterocycles. The summed E-state index contributed by atoms with van der Waals surface area (Å²) in [5.74, 6) is 3.42. The first-order valence-electron chi connectivity index (χ1n) is 10.1. The van der Waals surface area contributed by atoms with E-state index < -0.39 is 0 Å². The number of furan rings is 1. The van der Waals surface area contributed by atoms with Gasteiger partial charge in [-0.1, -0.05) is 36.8 Å². The second kappa shape index (κ2) is 7.95. The number of benzene rings is 1. The topological polar surface area (TPSA) is 40.4 Å². The number of hydrogen-bond donors (Lipinski definition) is 2. The zero-order valence-electron chi connectivity index (χ0n) is 16.0. The first-order valence-corrected chi connectivity index (χ1v) is 10.1. The average Bonchev–Trinajstić information content (AvgIpc) is 3.32. The van der Waals surface area contributed by atoms with Crippen LogP contribution in [-0.4, -0.2) is 30.6 Å². The molecule has 0 radical (unpaired) electrons. The summed E-state index contributed by atoms with van der Waals surface area (Å²) in [6.45, 7) is 8.57. The van der Waals surface area contributed by atoms with Crippen molar-refractivity contribution in [2.75, 3.05) is 19.6 Å². The first-order chi connectivity index (χ1) is 12.7. The van der Waals surface area contributed by atoms with Gasteiger partial charge in [0, 0.05) is 31.5 Å². The zero-order chi connectivity index (χ0) is 17.9. The van der Waals surface area contributed by atoms with Crippen molar-refractivity contribution in [1.82, 2.24) is 15.8 Å². The lowest BCUT2D eigenvalue weighted by atomic mass is 9.81. The molecule has 0 bridgehead atoms. The molecule has 0 spiro atoms. The molecule has 1 aromatic heterocycles. The summed E-state index contributed by atoms with van der Waals surface area (Å²) in [6, 6.07) is 13.8. The molecule has 0 amide bonds. The van der Waals surface area contributed by atoms with Crippen LogP contribution >= 0.6 is 0 Å². The van der Waals surface area contributed by atoms with Gasteiger partial charge in [-0.15, -0.1) is 0 Å². The second-order valence-corrected chi connectivity index (χ2v) is 7.93. The molecule has 1 aromatic carbocycles. The van der Waals surface area contributed by atoms with E-state index >= 15 is 0 Å². The molecule has 2 fully saturated rings. The fourth-order valence-corrected chi connectivity index (χ4v) is 4.55. The van der Waals surface area contributed by atoms with Crippen LogP contribution in [0.25, 0.3) is 0 Å². The summed E-state index contributed by atoms with van der Waals surface area (Å²) in [4.78, 5) is 2.57. The first kappa shape index (κ1) is 17.8. The smallest absolute Gasteiger partial charge is 0.118 e. The lowest BCUT2D eigenvalue weighted by Crippen LogP contribution is -2.46. The highest BCUT2D eigenvalue weighted by Crippen LogP contribution is 2.32. The van der Waals surface area contributed by atoms with Gasteiger partial charge in [-0.3, -0.25) is 15.8 Å². The maximum absolute atomic E-state index is 5.93. The van der Waals surface area contributed by atoms with Crippen molar-refractivity contribution < 1.29 is 4.42 Å². The van der Waals surface area contributed by atoms with Crippen LogP contribution in [-0.2, 0) is 13.0 Å². The monoisotopic (exact) mass is 353 g/mol. The van der Waals surface area contributed by atoms with Crippen molar-refractivity contribution in [3.05, 3.63) is 59.0 Å². The normalized spacial score (nSPS) is 27.1. The van der Waals surface area contributed by atoms with Gasteiger partial charge in [-0.25, -0.2) is 0 Å². The molecule has 3 unspecified atom stereocenters. The Bertz CT molecular complexity index is 708. The van der Waals surface area contributed by atoms with Gasteiger partial charge < -0.3 is 4.42 Å². The number of rotatable bonds is 5. The van der Waals surface area contributed by atoms with E-state index in [4.69, 9.17) is 4.42 Å². The highest BCUT2D eigenvalue weighted by atomic mass is 16.3. The van der Waals surface area contributed by atoms with E-state index in [-0.39, 0.29) is 0 Å². The van der Waals surface area contributed by atoms with E-state index in [1.165, 1.54) is 30.5 Å². The Morgan fingerprint density at radius 1 is 1.12 bits per heavy atom. The fraction of sp³-hybridized carbons (Fsp3) is 0.545. The number of hydrazine groups is 1. The highest BCUT2D eigenvalue weighted by Gasteiger charge is 2.36. The summed E-state index contributed by atoms with van der Waals surface area (Å²) in [7, 11) is 0. The maximum atomic E-state index is 5.93. The zero-order valence-corrected chi connectivity index (χ0v) is 16.0. The Morgan fingerprint density at radius 3 is 2.69 bits per heavy atom. The lowest BCUT2D eigenvalue weighted by Gasteiger charge is -2.37. The predicted molar refractivity (Wildman–Crippen MR) is 105 cm³/mol. The molecular formula is C22H31N3O. The molecule has 3 atom stereocenters. The van der Waals surface area contributed by atoms with E-state index in [2.05, 4.69) is 66.0 Å². The molecule has 140 valence electrons. The van der Waals surface area contributed by atoms with E-state index in [0.717, 1.165) is 37.6 Å². The number of nitrogens with one attached hydrogen (secondary N) is 2. The average molecular weight is 354 g/mol. The van der Waals surface area contributed by atoms with Gasteiger partial charge in [0.05, 0.1) is 6.54 Å². The van der Waals surface area contributed by atoms with Gasteiger partial charge in [0.1, 0.15) is 11.5 Å². The minimum atomic E-state index is 0.503. The minimum absolute atomic E-state index is 0.503. The summed E-state index contributed by atoms with van der Waals surface area (Å²) in [5, 5.41) is 0. The van der Waals surface area contributed by atoms with Gasteiger partial charge in [0.15, 0.2) is 0 Å². The molecule has 4 heteroatoms. The van der Waals surface area contributed by atoms with E-state index in [9.17, 15) is 0 Å². The number of aryl methyl sites for hydroxylation is 2. The Morgan fingerprint density at radius 2 is 1.92 bits per heavy atom. The van der Waals surface area contributed by atoms with Crippen molar-refractivity contribution in [2.24, 2.45) is 5.92 Å². The van der Waals surface area contributed by atoms with Crippen molar-refractivity contribution >= 4 is 0 Å². The molecule has 2 N–H and O–H groups in total. The summed E-state index contributed by atoms with van der Waals surface area (Å²) in [6.07, 6.45) is 3.54. The van der Waals surface area contributed by atoms with Crippen LogP contribution in [0.15, 0.2) is 40.8 Å². The van der Waals surface area contributed by atoms with Crippen LogP contribution in [0.4, 0.5) is 0 Å². The Balaban J connectivity index is 1.42. The predicted octanol–water partition coefficient (Wildman–Crippen LogP) is 3.62. The van der Waals surface area contributed by atoms with E-state index in [1.54, 1.807) is 0 Å². The third-order valence-electron chi connectivity index (χ3n) is 6.02. The number of hydrogen-bond acceptors (Lipinski definition) is 4. The van der Waals surface area contributed by atoms with E-state index in [1.807, 2.05) is 0 Å². The molecule has 4 rings (SSSR count). The lowest BCUT2D eigenvalue weighted by molar-refractivity contribution is 0.131. The van der Waals surface area contributed by atoms with Crippen molar-refractivity contribution in [1.29, 1.82) is 0 Å². The number of likely N-dealkylation sites (tertiary alicyclic amines) is 1. The van der Waals surface area contributed by atoms with E-state index in [0.29, 0.717) is 17.9 Å². The van der Waals surface area contributed by atoms with Crippen molar-refractivity contribution in [2.45, 2.75) is 51.6 Å². The molecule has 4 nitrogen and oxygen atoms in total. The molecule has 0 aliphatic carbocycles. The summed E-state index contributed by atoms with van der Waals surface area (Å²) < 4.78 is 5.93. The molecule has 26 heavy (non-hydrogen) atoms. The maximum Gasteiger partial charge on any atom is 0.118 e. The number of nitrogens with zero attached hydrogens (tertiary/aromatic N) is 1. The van der Waals surface area contributed by atoms with Gasteiger partial charge >= 0.3 is 0 Å². The fourth-order valence-electron chi connectivity index (χ4n) is 4.55. The van der Waals surface area contributed by atoms with Gasteiger partial charge in [-0.05, 0) is 49.9 Å². The Labute approximate surface area is 156 Å². The van der Waals surface area contributed by atoms with Gasteiger partial charge in [0.2, 0.25) is 0 Å². The minimum Gasteiger partial charge on any atom is -0.465 e. The van der Waals surface area contributed by atoms with Crippen LogP contribution in [0, 0.1) is 12.8 Å².